The Hall–Kier alpha value is -1.66. The number of carbonyl (C=O) groups is 1. The maximum atomic E-state index is 13.0. The Balaban J connectivity index is 1.81. The van der Waals surface area contributed by atoms with Gasteiger partial charge in [0.2, 0.25) is 15.9 Å². The van der Waals surface area contributed by atoms with Crippen molar-refractivity contribution < 1.29 is 13.2 Å². The number of aryl methyl sites for hydroxylation is 1. The number of amides is 1. The largest absolute Gasteiger partial charge is 0.332 e. The SMILES string of the molecule is C=CCN1C(=O)CCC[C@@]12CCCN(S(=O)(=O)Cc1ccc(C)cc1)C2. The van der Waals surface area contributed by atoms with E-state index in [1.165, 1.54) is 0 Å². The molecule has 6 heteroatoms. The molecule has 5 nitrogen and oxygen atoms in total. The van der Waals surface area contributed by atoms with Gasteiger partial charge in [0, 0.05) is 26.1 Å². The summed E-state index contributed by atoms with van der Waals surface area (Å²) in [6, 6.07) is 7.63. The summed E-state index contributed by atoms with van der Waals surface area (Å²) in [5.41, 5.74) is 1.55. The molecule has 3 rings (SSSR count). The molecule has 142 valence electrons. The lowest BCUT2D eigenvalue weighted by Gasteiger charge is -2.51. The van der Waals surface area contributed by atoms with Crippen LogP contribution in [0, 0.1) is 6.92 Å². The standard InChI is InChI=1S/C20H28N2O3S/c1-3-13-22-19(23)6-4-11-20(22)12-5-14-21(16-20)26(24,25)15-18-9-7-17(2)8-10-18/h3,7-10H,1,4-6,11-16H2,2H3/t20-/m0/s1. The van der Waals surface area contributed by atoms with E-state index in [0.29, 0.717) is 26.1 Å². The molecule has 0 aliphatic carbocycles. The van der Waals surface area contributed by atoms with Crippen LogP contribution in [0.1, 0.15) is 43.2 Å². The van der Waals surface area contributed by atoms with E-state index in [0.717, 1.165) is 36.8 Å². The molecule has 2 fully saturated rings. The monoisotopic (exact) mass is 376 g/mol. The van der Waals surface area contributed by atoms with E-state index in [2.05, 4.69) is 6.58 Å². The number of piperidine rings is 2. The third-order valence-corrected chi connectivity index (χ3v) is 7.40. The molecule has 0 bridgehead atoms. The molecule has 1 spiro atoms. The first-order chi connectivity index (χ1) is 12.4. The van der Waals surface area contributed by atoms with Gasteiger partial charge in [0.25, 0.3) is 0 Å². The zero-order valence-electron chi connectivity index (χ0n) is 15.5. The minimum Gasteiger partial charge on any atom is -0.332 e. The highest BCUT2D eigenvalue weighted by atomic mass is 32.2. The van der Waals surface area contributed by atoms with Gasteiger partial charge in [0.15, 0.2) is 0 Å². The van der Waals surface area contributed by atoms with Gasteiger partial charge in [-0.05, 0) is 38.2 Å². The predicted molar refractivity (Wildman–Crippen MR) is 103 cm³/mol. The first-order valence-electron chi connectivity index (χ1n) is 9.31. The maximum Gasteiger partial charge on any atom is 0.223 e. The minimum atomic E-state index is -3.41. The molecule has 1 amide bonds. The number of sulfonamides is 1. The Bertz CT molecular complexity index is 769. The number of hydrogen-bond acceptors (Lipinski definition) is 3. The predicted octanol–water partition coefficient (Wildman–Crippen LogP) is 2.86. The average molecular weight is 377 g/mol. The number of nitrogens with zero attached hydrogens (tertiary/aromatic N) is 2. The van der Waals surface area contributed by atoms with Crippen molar-refractivity contribution in [3.63, 3.8) is 0 Å². The average Bonchev–Trinajstić information content (AvgIpc) is 2.60. The van der Waals surface area contributed by atoms with Crippen LogP contribution in [0.25, 0.3) is 0 Å². The Morgan fingerprint density at radius 2 is 1.88 bits per heavy atom. The molecule has 0 saturated carbocycles. The molecular formula is C20H28N2O3S. The summed E-state index contributed by atoms with van der Waals surface area (Å²) in [6.07, 6.45) is 5.63. The molecule has 2 heterocycles. The van der Waals surface area contributed by atoms with Gasteiger partial charge < -0.3 is 4.90 Å². The van der Waals surface area contributed by atoms with Crippen LogP contribution in [0.15, 0.2) is 36.9 Å². The number of rotatable bonds is 5. The third-order valence-electron chi connectivity index (χ3n) is 5.60. The molecular weight excluding hydrogens is 348 g/mol. The highest BCUT2D eigenvalue weighted by Crippen LogP contribution is 2.37. The lowest BCUT2D eigenvalue weighted by Crippen LogP contribution is -2.63. The van der Waals surface area contributed by atoms with Crippen LogP contribution in [0.4, 0.5) is 0 Å². The third kappa shape index (κ3) is 3.86. The summed E-state index contributed by atoms with van der Waals surface area (Å²) in [4.78, 5) is 14.3. The second kappa shape index (κ2) is 7.53. The molecule has 0 radical (unpaired) electrons. The normalized spacial score (nSPS) is 24.8. The van der Waals surface area contributed by atoms with Crippen molar-refractivity contribution in [3.05, 3.63) is 48.0 Å². The van der Waals surface area contributed by atoms with Crippen molar-refractivity contribution in [1.29, 1.82) is 0 Å². The van der Waals surface area contributed by atoms with Crippen molar-refractivity contribution >= 4 is 15.9 Å². The van der Waals surface area contributed by atoms with Crippen LogP contribution in [0.5, 0.6) is 0 Å². The van der Waals surface area contributed by atoms with Gasteiger partial charge in [-0.2, -0.15) is 4.31 Å². The van der Waals surface area contributed by atoms with Crippen LogP contribution < -0.4 is 0 Å². The van der Waals surface area contributed by atoms with Gasteiger partial charge in [-0.3, -0.25) is 4.79 Å². The van der Waals surface area contributed by atoms with Crippen molar-refractivity contribution in [2.24, 2.45) is 0 Å². The fourth-order valence-corrected chi connectivity index (χ4v) is 5.89. The molecule has 0 aromatic heterocycles. The summed E-state index contributed by atoms with van der Waals surface area (Å²) in [7, 11) is -3.41. The Morgan fingerprint density at radius 3 is 2.58 bits per heavy atom. The first-order valence-corrected chi connectivity index (χ1v) is 10.9. The van der Waals surface area contributed by atoms with Gasteiger partial charge >= 0.3 is 0 Å². The lowest BCUT2D eigenvalue weighted by molar-refractivity contribution is -0.143. The quantitative estimate of drug-likeness (QED) is 0.743. The van der Waals surface area contributed by atoms with Gasteiger partial charge in [-0.15, -0.1) is 6.58 Å². The van der Waals surface area contributed by atoms with E-state index < -0.39 is 10.0 Å². The summed E-state index contributed by atoms with van der Waals surface area (Å²) < 4.78 is 27.6. The second-order valence-electron chi connectivity index (χ2n) is 7.55. The Morgan fingerprint density at radius 1 is 1.19 bits per heavy atom. The van der Waals surface area contributed by atoms with E-state index >= 15 is 0 Å². The van der Waals surface area contributed by atoms with Crippen LogP contribution in [-0.2, 0) is 20.6 Å². The summed E-state index contributed by atoms with van der Waals surface area (Å²) >= 11 is 0. The lowest BCUT2D eigenvalue weighted by atomic mass is 9.80. The van der Waals surface area contributed by atoms with Crippen LogP contribution in [0.2, 0.25) is 0 Å². The maximum absolute atomic E-state index is 13.0. The summed E-state index contributed by atoms with van der Waals surface area (Å²) in [5, 5.41) is 0. The number of hydrogen-bond donors (Lipinski definition) is 0. The van der Waals surface area contributed by atoms with E-state index in [1.54, 1.807) is 10.4 Å². The molecule has 2 aliphatic heterocycles. The molecule has 26 heavy (non-hydrogen) atoms. The molecule has 0 N–H and O–H groups in total. The minimum absolute atomic E-state index is 0.0127. The van der Waals surface area contributed by atoms with Gasteiger partial charge in [0.1, 0.15) is 0 Å². The number of benzene rings is 1. The Kier molecular flexibility index (Phi) is 5.53. The molecule has 1 aromatic carbocycles. The molecule has 2 aliphatic rings. The van der Waals surface area contributed by atoms with Crippen molar-refractivity contribution in [2.75, 3.05) is 19.6 Å². The van der Waals surface area contributed by atoms with Crippen molar-refractivity contribution in [1.82, 2.24) is 9.21 Å². The summed E-state index contributed by atoms with van der Waals surface area (Å²) in [6.45, 7) is 7.19. The smallest absolute Gasteiger partial charge is 0.223 e. The highest BCUT2D eigenvalue weighted by molar-refractivity contribution is 7.88. The zero-order valence-corrected chi connectivity index (χ0v) is 16.3. The second-order valence-corrected chi connectivity index (χ2v) is 9.52. The van der Waals surface area contributed by atoms with E-state index in [-0.39, 0.29) is 17.2 Å². The van der Waals surface area contributed by atoms with Gasteiger partial charge in [-0.25, -0.2) is 8.42 Å². The van der Waals surface area contributed by atoms with Crippen LogP contribution in [0.3, 0.4) is 0 Å². The fraction of sp³-hybridized carbons (Fsp3) is 0.550. The van der Waals surface area contributed by atoms with Gasteiger partial charge in [-0.1, -0.05) is 35.9 Å². The van der Waals surface area contributed by atoms with E-state index in [9.17, 15) is 13.2 Å². The number of likely N-dealkylation sites (tertiary alicyclic amines) is 1. The van der Waals surface area contributed by atoms with Gasteiger partial charge in [0.05, 0.1) is 11.3 Å². The number of carbonyl (C=O) groups excluding carboxylic acids is 1. The van der Waals surface area contributed by atoms with Crippen molar-refractivity contribution in [2.45, 2.75) is 50.3 Å². The van der Waals surface area contributed by atoms with Crippen LogP contribution in [-0.4, -0.2) is 48.7 Å². The van der Waals surface area contributed by atoms with E-state index in [4.69, 9.17) is 0 Å². The zero-order chi connectivity index (χ0) is 18.8. The fourth-order valence-electron chi connectivity index (χ4n) is 4.25. The first kappa shape index (κ1) is 19.1. The molecule has 1 aromatic rings. The van der Waals surface area contributed by atoms with Crippen molar-refractivity contribution in [3.8, 4) is 0 Å². The molecule has 0 unspecified atom stereocenters. The van der Waals surface area contributed by atoms with E-state index in [1.807, 2.05) is 36.1 Å². The van der Waals surface area contributed by atoms with Crippen LogP contribution >= 0.6 is 0 Å². The Labute approximate surface area is 156 Å². The topological polar surface area (TPSA) is 57.7 Å². The molecule has 2 saturated heterocycles. The molecule has 1 atom stereocenters. The summed E-state index contributed by atoms with van der Waals surface area (Å²) in [5.74, 6) is 0.132. The highest BCUT2D eigenvalue weighted by Gasteiger charge is 2.46.